The largest absolute Gasteiger partial charge is 0.466 e. The normalized spacial score (nSPS) is 11.8. The number of hydrogen-bond acceptors (Lipinski definition) is 4. The van der Waals surface area contributed by atoms with E-state index >= 15 is 0 Å². The van der Waals surface area contributed by atoms with Crippen LogP contribution >= 0.6 is 0 Å². The van der Waals surface area contributed by atoms with Crippen LogP contribution in [0, 0.1) is 0 Å². The van der Waals surface area contributed by atoms with Crippen LogP contribution in [0.4, 0.5) is 0 Å². The van der Waals surface area contributed by atoms with E-state index < -0.39 is 10.0 Å². The van der Waals surface area contributed by atoms with E-state index in [4.69, 9.17) is 4.74 Å². The lowest BCUT2D eigenvalue weighted by Crippen LogP contribution is -2.14. The molecule has 1 aromatic carbocycles. The van der Waals surface area contributed by atoms with Gasteiger partial charge in [0.2, 0.25) is 10.0 Å². The standard InChI is InChI=1S/C18H25NO4S/c1-4-6-10-16-15(12-13-18(20)23-5-2)14-9-7-8-11-17(14)19(16)24(3,21)22/h7-9,11H,4-6,10,12-13H2,1-3H3. The molecule has 0 radical (unpaired) electrons. The number of ether oxygens (including phenoxy) is 1. The first-order valence-electron chi connectivity index (χ1n) is 8.37. The van der Waals surface area contributed by atoms with Gasteiger partial charge in [0.25, 0.3) is 0 Å². The van der Waals surface area contributed by atoms with E-state index in [1.807, 2.05) is 24.3 Å². The Morgan fingerprint density at radius 1 is 1.17 bits per heavy atom. The summed E-state index contributed by atoms with van der Waals surface area (Å²) in [5, 5.41) is 0.901. The average molecular weight is 351 g/mol. The quantitative estimate of drug-likeness (QED) is 0.685. The summed E-state index contributed by atoms with van der Waals surface area (Å²) >= 11 is 0. The van der Waals surface area contributed by atoms with Crippen molar-refractivity contribution in [1.82, 2.24) is 3.97 Å². The van der Waals surface area contributed by atoms with Gasteiger partial charge < -0.3 is 4.74 Å². The van der Waals surface area contributed by atoms with Gasteiger partial charge in [-0.15, -0.1) is 0 Å². The minimum absolute atomic E-state index is 0.255. The molecule has 0 aliphatic carbocycles. The third-order valence-electron chi connectivity index (χ3n) is 4.02. The molecule has 132 valence electrons. The second-order valence-electron chi connectivity index (χ2n) is 5.88. The van der Waals surface area contributed by atoms with Crippen molar-refractivity contribution in [1.29, 1.82) is 0 Å². The molecule has 0 aliphatic rings. The highest BCUT2D eigenvalue weighted by Crippen LogP contribution is 2.30. The third-order valence-corrected chi connectivity index (χ3v) is 5.11. The van der Waals surface area contributed by atoms with Crippen LogP contribution in [0.2, 0.25) is 0 Å². The van der Waals surface area contributed by atoms with Crippen molar-refractivity contribution in [2.75, 3.05) is 12.9 Å². The van der Waals surface area contributed by atoms with Gasteiger partial charge in [-0.3, -0.25) is 4.79 Å². The number of benzene rings is 1. The van der Waals surface area contributed by atoms with Gasteiger partial charge in [-0.25, -0.2) is 12.4 Å². The molecule has 24 heavy (non-hydrogen) atoms. The molecule has 1 aromatic heterocycles. The number of carbonyl (C=O) groups excluding carboxylic acids is 1. The Morgan fingerprint density at radius 2 is 1.88 bits per heavy atom. The number of fused-ring (bicyclic) bond motifs is 1. The van der Waals surface area contributed by atoms with Crippen molar-refractivity contribution in [2.24, 2.45) is 0 Å². The van der Waals surface area contributed by atoms with Crippen molar-refractivity contribution < 1.29 is 17.9 Å². The maximum absolute atomic E-state index is 12.4. The zero-order valence-electron chi connectivity index (χ0n) is 14.5. The molecule has 1 heterocycles. The van der Waals surface area contributed by atoms with Crippen LogP contribution in [0.5, 0.6) is 0 Å². The Bertz CT molecular complexity index is 821. The molecule has 0 N–H and O–H groups in total. The smallest absolute Gasteiger partial charge is 0.306 e. The zero-order valence-corrected chi connectivity index (χ0v) is 15.4. The Morgan fingerprint density at radius 3 is 2.50 bits per heavy atom. The number of rotatable bonds is 8. The van der Waals surface area contributed by atoms with Gasteiger partial charge in [-0.1, -0.05) is 31.5 Å². The molecule has 5 nitrogen and oxygen atoms in total. The van der Waals surface area contributed by atoms with Crippen molar-refractivity contribution in [3.05, 3.63) is 35.5 Å². The summed E-state index contributed by atoms with van der Waals surface area (Å²) in [6, 6.07) is 7.47. The molecule has 0 aliphatic heterocycles. The first-order chi connectivity index (χ1) is 11.4. The van der Waals surface area contributed by atoms with E-state index in [1.54, 1.807) is 6.92 Å². The third kappa shape index (κ3) is 3.98. The van der Waals surface area contributed by atoms with Gasteiger partial charge in [0.15, 0.2) is 0 Å². The fourth-order valence-corrected chi connectivity index (χ4v) is 4.16. The second-order valence-corrected chi connectivity index (χ2v) is 7.71. The van der Waals surface area contributed by atoms with E-state index in [1.165, 1.54) is 10.2 Å². The molecule has 0 amide bonds. The molecule has 0 spiro atoms. The zero-order chi connectivity index (χ0) is 17.7. The summed E-state index contributed by atoms with van der Waals surface area (Å²) < 4.78 is 31.2. The second kappa shape index (κ2) is 7.83. The SMILES string of the molecule is CCCCc1c(CCC(=O)OCC)c2ccccc2n1S(C)(=O)=O. The lowest BCUT2D eigenvalue weighted by Gasteiger charge is -2.10. The molecule has 6 heteroatoms. The van der Waals surface area contributed by atoms with Crippen molar-refractivity contribution in [3.63, 3.8) is 0 Å². The van der Waals surface area contributed by atoms with Gasteiger partial charge in [0.1, 0.15) is 0 Å². The lowest BCUT2D eigenvalue weighted by atomic mass is 10.0. The molecule has 2 rings (SSSR count). The molecular weight excluding hydrogens is 326 g/mol. The predicted octanol–water partition coefficient (Wildman–Crippen LogP) is 3.29. The summed E-state index contributed by atoms with van der Waals surface area (Å²) in [5.41, 5.74) is 2.42. The van der Waals surface area contributed by atoms with Crippen molar-refractivity contribution in [2.45, 2.75) is 46.0 Å². The monoisotopic (exact) mass is 351 g/mol. The Labute approximate surface area is 143 Å². The van der Waals surface area contributed by atoms with Gasteiger partial charge in [0.05, 0.1) is 18.4 Å². The van der Waals surface area contributed by atoms with Gasteiger partial charge in [-0.05, 0) is 37.8 Å². The number of aryl methyl sites for hydroxylation is 1. The molecule has 0 atom stereocenters. The molecule has 0 fully saturated rings. The fourth-order valence-electron chi connectivity index (χ4n) is 3.04. The predicted molar refractivity (Wildman–Crippen MR) is 95.7 cm³/mol. The van der Waals surface area contributed by atoms with E-state index in [9.17, 15) is 13.2 Å². The van der Waals surface area contributed by atoms with Crippen LogP contribution < -0.4 is 0 Å². The lowest BCUT2D eigenvalue weighted by molar-refractivity contribution is -0.143. The number of carbonyl (C=O) groups is 1. The van der Waals surface area contributed by atoms with E-state index in [0.29, 0.717) is 25.0 Å². The maximum atomic E-state index is 12.4. The fraction of sp³-hybridized carbons (Fsp3) is 0.500. The first kappa shape index (κ1) is 18.5. The van der Waals surface area contributed by atoms with E-state index in [-0.39, 0.29) is 12.4 Å². The Balaban J connectivity index is 2.56. The maximum Gasteiger partial charge on any atom is 0.306 e. The summed E-state index contributed by atoms with van der Waals surface area (Å²) in [4.78, 5) is 11.7. The number of unbranched alkanes of at least 4 members (excludes halogenated alkanes) is 1. The molecular formula is C18H25NO4S. The average Bonchev–Trinajstić information content (AvgIpc) is 2.84. The van der Waals surface area contributed by atoms with Crippen molar-refractivity contribution >= 4 is 26.9 Å². The molecule has 2 aromatic rings. The van der Waals surface area contributed by atoms with Crippen LogP contribution in [0.1, 0.15) is 44.4 Å². The van der Waals surface area contributed by atoms with E-state index in [2.05, 4.69) is 6.92 Å². The summed E-state index contributed by atoms with van der Waals surface area (Å²) in [6.45, 7) is 4.21. The van der Waals surface area contributed by atoms with Gasteiger partial charge >= 0.3 is 5.97 Å². The van der Waals surface area contributed by atoms with Gasteiger partial charge in [-0.2, -0.15) is 0 Å². The Kier molecular flexibility index (Phi) is 6.04. The van der Waals surface area contributed by atoms with Gasteiger partial charge in [0, 0.05) is 17.5 Å². The molecule has 0 unspecified atom stereocenters. The van der Waals surface area contributed by atoms with Crippen LogP contribution in [0.15, 0.2) is 24.3 Å². The minimum atomic E-state index is -3.42. The summed E-state index contributed by atoms with van der Waals surface area (Å²) in [6.07, 6.45) is 4.52. The van der Waals surface area contributed by atoms with Crippen LogP contribution in [-0.2, 0) is 32.4 Å². The number of para-hydroxylation sites is 1. The first-order valence-corrected chi connectivity index (χ1v) is 10.2. The van der Waals surface area contributed by atoms with E-state index in [0.717, 1.165) is 29.5 Å². The highest BCUT2D eigenvalue weighted by atomic mass is 32.2. The topological polar surface area (TPSA) is 65.4 Å². The highest BCUT2D eigenvalue weighted by Gasteiger charge is 2.22. The number of hydrogen-bond donors (Lipinski definition) is 0. The molecule has 0 bridgehead atoms. The minimum Gasteiger partial charge on any atom is -0.466 e. The Hall–Kier alpha value is -1.82. The molecule has 0 saturated carbocycles. The van der Waals surface area contributed by atoms with Crippen molar-refractivity contribution in [3.8, 4) is 0 Å². The van der Waals surface area contributed by atoms with Crippen LogP contribution in [0.25, 0.3) is 10.9 Å². The number of esters is 1. The van der Waals surface area contributed by atoms with Crippen LogP contribution in [-0.4, -0.2) is 31.2 Å². The van der Waals surface area contributed by atoms with Crippen LogP contribution in [0.3, 0.4) is 0 Å². The number of nitrogens with zero attached hydrogens (tertiary/aromatic N) is 1. The summed E-state index contributed by atoms with van der Waals surface area (Å²) in [7, 11) is -3.42. The molecule has 0 saturated heterocycles. The highest BCUT2D eigenvalue weighted by molar-refractivity contribution is 7.89. The number of aromatic nitrogens is 1. The summed E-state index contributed by atoms with van der Waals surface area (Å²) in [5.74, 6) is -0.255.